The molecule has 0 aromatic carbocycles. The number of hydrogen-bond acceptors (Lipinski definition) is 3. The monoisotopic (exact) mass is 332 g/mol. The van der Waals surface area contributed by atoms with Gasteiger partial charge in [-0.2, -0.15) is 0 Å². The number of fused-ring (bicyclic) bond motifs is 3. The molecule has 0 radical (unpaired) electrons. The van der Waals surface area contributed by atoms with Gasteiger partial charge in [0.25, 0.3) is 0 Å². The number of hydrogen-bond donors (Lipinski definition) is 0. The van der Waals surface area contributed by atoms with Crippen molar-refractivity contribution in [2.75, 3.05) is 6.61 Å². The molecule has 0 bridgehead atoms. The minimum atomic E-state index is -0.230. The zero-order chi connectivity index (χ0) is 18.1. The molecule has 0 aromatic heterocycles. The molecular formula is C22H20O3. The number of ketones is 1. The van der Waals surface area contributed by atoms with Crippen molar-refractivity contribution in [1.82, 2.24) is 0 Å². The fraction of sp³-hybridized carbons (Fsp3) is 0.364. The van der Waals surface area contributed by atoms with Gasteiger partial charge in [0.15, 0.2) is 5.78 Å². The first kappa shape index (κ1) is 17.1. The highest BCUT2D eigenvalue weighted by Gasteiger charge is 2.37. The number of ether oxygens (including phenoxy) is 1. The molecule has 3 aliphatic carbocycles. The lowest BCUT2D eigenvalue weighted by Gasteiger charge is -2.16. The Morgan fingerprint density at radius 3 is 2.44 bits per heavy atom. The van der Waals surface area contributed by atoms with E-state index in [9.17, 15) is 9.59 Å². The van der Waals surface area contributed by atoms with E-state index >= 15 is 0 Å². The Balaban J connectivity index is 2.01. The van der Waals surface area contributed by atoms with Crippen molar-refractivity contribution in [3.8, 4) is 0 Å². The molecule has 0 amide bonds. The zero-order valence-corrected chi connectivity index (χ0v) is 14.9. The van der Waals surface area contributed by atoms with Gasteiger partial charge in [0, 0.05) is 23.0 Å². The molecule has 1 saturated carbocycles. The molecule has 25 heavy (non-hydrogen) atoms. The first-order valence-electron chi connectivity index (χ1n) is 8.51. The van der Waals surface area contributed by atoms with Gasteiger partial charge < -0.3 is 4.74 Å². The third-order valence-corrected chi connectivity index (χ3v) is 4.40. The van der Waals surface area contributed by atoms with Crippen LogP contribution < -0.4 is 0 Å². The molecule has 1 atom stereocenters. The normalized spacial score (nSPS) is 19.8. The Labute approximate surface area is 147 Å². The Bertz CT molecular complexity index is 924. The molecule has 0 heterocycles. The second kappa shape index (κ2) is 6.61. The summed E-state index contributed by atoms with van der Waals surface area (Å²) in [6, 6.07) is 0. The van der Waals surface area contributed by atoms with Gasteiger partial charge in [-0.1, -0.05) is 50.6 Å². The largest absolute Gasteiger partial charge is 0.464 e. The molecule has 126 valence electrons. The van der Waals surface area contributed by atoms with Crippen LogP contribution in [0.5, 0.6) is 0 Å². The average Bonchev–Trinajstić information content (AvgIpc) is 2.91. The molecule has 3 aliphatic rings. The standard InChI is InChI=1S/C22H20O3/c1-13(2)21(23)15-9-10-18-16-7-5-6-8-17(16)20(19(18)11-15)12-25-22(24)14(3)4/h6,8,11,13-14,20H,12H2,1-4H3. The van der Waals surface area contributed by atoms with Gasteiger partial charge in [-0.05, 0) is 29.4 Å². The summed E-state index contributed by atoms with van der Waals surface area (Å²) < 4.78 is 5.48. The lowest BCUT2D eigenvalue weighted by molar-refractivity contribution is -0.147. The van der Waals surface area contributed by atoms with E-state index < -0.39 is 0 Å². The molecule has 1 fully saturated rings. The van der Waals surface area contributed by atoms with Gasteiger partial charge in [-0.15, -0.1) is 0 Å². The molecule has 3 heteroatoms. The molecular weight excluding hydrogens is 312 g/mol. The minimum Gasteiger partial charge on any atom is -0.464 e. The molecule has 0 saturated heterocycles. The summed E-state index contributed by atoms with van der Waals surface area (Å²) in [4.78, 5) is 24.2. The summed E-state index contributed by atoms with van der Waals surface area (Å²) in [5, 5.41) is 0. The van der Waals surface area contributed by atoms with Crippen LogP contribution in [0.3, 0.4) is 0 Å². The van der Waals surface area contributed by atoms with Gasteiger partial charge in [-0.25, -0.2) is 0 Å². The number of Topliss-reactive ketones (excluding diaryl/α,β-unsaturated/α-hetero) is 1. The number of rotatable bonds is 5. The maximum Gasteiger partial charge on any atom is 0.308 e. The highest BCUT2D eigenvalue weighted by Crippen LogP contribution is 2.46. The maximum absolute atomic E-state index is 12.3. The Morgan fingerprint density at radius 1 is 1.04 bits per heavy atom. The van der Waals surface area contributed by atoms with Crippen molar-refractivity contribution < 1.29 is 14.3 Å². The van der Waals surface area contributed by atoms with E-state index in [2.05, 4.69) is 22.9 Å². The zero-order valence-electron chi connectivity index (χ0n) is 14.9. The molecule has 0 spiro atoms. The van der Waals surface area contributed by atoms with Crippen LogP contribution in [0.4, 0.5) is 0 Å². The summed E-state index contributed by atoms with van der Waals surface area (Å²) in [6.45, 7) is 7.58. The van der Waals surface area contributed by atoms with Gasteiger partial charge in [0.05, 0.1) is 11.5 Å². The molecule has 1 unspecified atom stereocenters. The molecule has 3 nitrogen and oxygen atoms in total. The van der Waals surface area contributed by atoms with Gasteiger partial charge in [0.2, 0.25) is 0 Å². The van der Waals surface area contributed by atoms with E-state index in [0.29, 0.717) is 5.57 Å². The van der Waals surface area contributed by atoms with E-state index in [1.807, 2.05) is 39.8 Å². The van der Waals surface area contributed by atoms with E-state index in [-0.39, 0.29) is 36.1 Å². The van der Waals surface area contributed by atoms with E-state index in [1.54, 1.807) is 6.08 Å². The number of carbonyl (C=O) groups is 2. The summed E-state index contributed by atoms with van der Waals surface area (Å²) in [5.74, 6) is -0.605. The van der Waals surface area contributed by atoms with Crippen molar-refractivity contribution in [1.29, 1.82) is 0 Å². The quantitative estimate of drug-likeness (QED) is 0.569. The predicted octanol–water partition coefficient (Wildman–Crippen LogP) is 3.76. The van der Waals surface area contributed by atoms with Crippen LogP contribution in [0, 0.1) is 17.8 Å². The molecule has 0 aromatic rings. The lowest BCUT2D eigenvalue weighted by atomic mass is 9.92. The third kappa shape index (κ3) is 3.11. The number of carbonyl (C=O) groups excluding carboxylic acids is 2. The average molecular weight is 332 g/mol. The van der Waals surface area contributed by atoms with Crippen LogP contribution in [-0.4, -0.2) is 18.4 Å². The highest BCUT2D eigenvalue weighted by atomic mass is 16.5. The SMILES string of the molecule is CC(C)C(=O)OCC1C2=CC=C=C=C2C2=C=C=C(C(=O)C(C)C)C=C21. The fourth-order valence-corrected chi connectivity index (χ4v) is 2.97. The van der Waals surface area contributed by atoms with Crippen molar-refractivity contribution >= 4 is 11.8 Å². The predicted molar refractivity (Wildman–Crippen MR) is 94.5 cm³/mol. The van der Waals surface area contributed by atoms with Crippen molar-refractivity contribution in [3.05, 3.63) is 69.0 Å². The van der Waals surface area contributed by atoms with Gasteiger partial charge in [-0.3, -0.25) is 9.59 Å². The Hall–Kier alpha value is -2.78. The summed E-state index contributed by atoms with van der Waals surface area (Å²) in [6.07, 6.45) is 5.61. The lowest BCUT2D eigenvalue weighted by Crippen LogP contribution is -2.19. The van der Waals surface area contributed by atoms with Crippen LogP contribution in [0.25, 0.3) is 0 Å². The molecule has 3 rings (SSSR count). The van der Waals surface area contributed by atoms with Crippen molar-refractivity contribution in [2.24, 2.45) is 17.8 Å². The fourth-order valence-electron chi connectivity index (χ4n) is 2.97. The Morgan fingerprint density at radius 2 is 1.76 bits per heavy atom. The summed E-state index contributed by atoms with van der Waals surface area (Å²) >= 11 is 0. The maximum atomic E-state index is 12.3. The smallest absolute Gasteiger partial charge is 0.308 e. The van der Waals surface area contributed by atoms with Crippen LogP contribution in [-0.2, 0) is 14.3 Å². The first-order chi connectivity index (χ1) is 11.9. The van der Waals surface area contributed by atoms with Crippen LogP contribution in [0.15, 0.2) is 69.0 Å². The first-order valence-corrected chi connectivity index (χ1v) is 8.51. The molecule has 0 N–H and O–H groups in total. The molecule has 0 aliphatic heterocycles. The van der Waals surface area contributed by atoms with Crippen LogP contribution in [0.1, 0.15) is 27.7 Å². The van der Waals surface area contributed by atoms with E-state index in [4.69, 9.17) is 4.74 Å². The van der Waals surface area contributed by atoms with Crippen molar-refractivity contribution in [3.63, 3.8) is 0 Å². The van der Waals surface area contributed by atoms with E-state index in [1.165, 1.54) is 0 Å². The van der Waals surface area contributed by atoms with Gasteiger partial charge >= 0.3 is 5.97 Å². The number of esters is 1. The second-order valence-corrected chi connectivity index (χ2v) is 6.93. The summed E-state index contributed by atoms with van der Waals surface area (Å²) in [7, 11) is 0. The summed E-state index contributed by atoms with van der Waals surface area (Å²) in [5.41, 5.74) is 16.4. The minimum absolute atomic E-state index is 0.0310. The highest BCUT2D eigenvalue weighted by molar-refractivity contribution is 6.00. The second-order valence-electron chi connectivity index (χ2n) is 6.93. The third-order valence-electron chi connectivity index (χ3n) is 4.40. The Kier molecular flexibility index (Phi) is 4.51. The topological polar surface area (TPSA) is 43.4 Å². The van der Waals surface area contributed by atoms with E-state index in [0.717, 1.165) is 22.3 Å². The van der Waals surface area contributed by atoms with Crippen molar-refractivity contribution in [2.45, 2.75) is 27.7 Å². The van der Waals surface area contributed by atoms with Gasteiger partial charge in [0.1, 0.15) is 6.61 Å². The number of allylic oxidation sites excluding steroid dienone is 6. The van der Waals surface area contributed by atoms with Crippen LogP contribution >= 0.6 is 0 Å². The van der Waals surface area contributed by atoms with Crippen LogP contribution in [0.2, 0.25) is 0 Å².